The fourth-order valence-corrected chi connectivity index (χ4v) is 2.05. The van der Waals surface area contributed by atoms with Crippen LogP contribution in [0, 0.1) is 0 Å². The molecule has 0 unspecified atom stereocenters. The zero-order valence-corrected chi connectivity index (χ0v) is 13.8. The first-order chi connectivity index (χ1) is 11.8. The number of nitrogens with one attached hydrogen (secondary N) is 2. The molecule has 0 saturated carbocycles. The van der Waals surface area contributed by atoms with Crippen LogP contribution in [0.4, 0.5) is 24.9 Å². The van der Waals surface area contributed by atoms with Gasteiger partial charge in [0.15, 0.2) is 0 Å². The molecule has 3 N–H and O–H groups in total. The molecular weight excluding hydrogens is 337 g/mol. The maximum Gasteiger partial charge on any atom is 0.573 e. The van der Waals surface area contributed by atoms with Gasteiger partial charge < -0.3 is 20.5 Å². The maximum atomic E-state index is 12.4. The summed E-state index contributed by atoms with van der Waals surface area (Å²) in [5, 5.41) is 15.1. The highest BCUT2D eigenvalue weighted by Gasteiger charge is 2.31. The molecule has 136 valence electrons. The molecule has 9 heteroatoms. The van der Waals surface area contributed by atoms with Crippen molar-refractivity contribution in [3.8, 4) is 17.0 Å². The molecule has 0 aliphatic carbocycles. The monoisotopic (exact) mass is 356 g/mol. The fraction of sp³-hybridized carbons (Fsp3) is 0.375. The van der Waals surface area contributed by atoms with Gasteiger partial charge in [0.05, 0.1) is 12.3 Å². The van der Waals surface area contributed by atoms with Gasteiger partial charge in [0.1, 0.15) is 11.6 Å². The number of aliphatic hydroxyl groups excluding tert-OH is 1. The first kappa shape index (κ1) is 18.8. The lowest BCUT2D eigenvalue weighted by molar-refractivity contribution is -0.274. The minimum atomic E-state index is -4.76. The predicted molar refractivity (Wildman–Crippen MR) is 88.5 cm³/mol. The number of alkyl halides is 3. The van der Waals surface area contributed by atoms with Gasteiger partial charge in [0.2, 0.25) is 5.95 Å². The Morgan fingerprint density at radius 3 is 2.64 bits per heavy atom. The van der Waals surface area contributed by atoms with Crippen LogP contribution in [0.5, 0.6) is 5.75 Å². The number of aliphatic hydroxyl groups is 1. The maximum absolute atomic E-state index is 12.4. The third-order valence-electron chi connectivity index (χ3n) is 3.10. The van der Waals surface area contributed by atoms with Crippen molar-refractivity contribution in [1.29, 1.82) is 0 Å². The highest BCUT2D eigenvalue weighted by molar-refractivity contribution is 5.66. The van der Waals surface area contributed by atoms with Crippen molar-refractivity contribution in [1.82, 2.24) is 9.97 Å². The highest BCUT2D eigenvalue weighted by Crippen LogP contribution is 2.28. The molecule has 1 aromatic heterocycles. The van der Waals surface area contributed by atoms with Crippen molar-refractivity contribution >= 4 is 11.8 Å². The summed E-state index contributed by atoms with van der Waals surface area (Å²) in [7, 11) is 0. The van der Waals surface area contributed by atoms with Crippen LogP contribution in [0.2, 0.25) is 0 Å². The summed E-state index contributed by atoms with van der Waals surface area (Å²) in [6.07, 6.45) is -4.76. The molecule has 0 amide bonds. The van der Waals surface area contributed by atoms with Gasteiger partial charge in [0.25, 0.3) is 0 Å². The lowest BCUT2D eigenvalue weighted by atomic mass is 10.1. The summed E-state index contributed by atoms with van der Waals surface area (Å²) >= 11 is 0. The summed E-state index contributed by atoms with van der Waals surface area (Å²) in [4.78, 5) is 8.56. The molecule has 1 aromatic carbocycles. The number of rotatable bonds is 7. The Balaban J connectivity index is 2.38. The Hall–Kier alpha value is -2.55. The number of nitrogens with zero attached hydrogens (tertiary/aromatic N) is 2. The van der Waals surface area contributed by atoms with Gasteiger partial charge in [-0.15, -0.1) is 13.2 Å². The van der Waals surface area contributed by atoms with Gasteiger partial charge in [-0.3, -0.25) is 0 Å². The van der Waals surface area contributed by atoms with Gasteiger partial charge in [-0.25, -0.2) is 4.98 Å². The van der Waals surface area contributed by atoms with E-state index in [1.807, 2.05) is 6.92 Å². The van der Waals surface area contributed by atoms with Crippen LogP contribution in [0.1, 0.15) is 13.8 Å². The highest BCUT2D eigenvalue weighted by atomic mass is 19.4. The van der Waals surface area contributed by atoms with Crippen LogP contribution in [-0.4, -0.2) is 40.6 Å². The van der Waals surface area contributed by atoms with Gasteiger partial charge in [-0.2, -0.15) is 4.98 Å². The van der Waals surface area contributed by atoms with Crippen LogP contribution in [-0.2, 0) is 0 Å². The minimum Gasteiger partial charge on any atom is -0.406 e. The lowest BCUT2D eigenvalue weighted by Crippen LogP contribution is -2.21. The van der Waals surface area contributed by atoms with E-state index in [0.29, 0.717) is 23.6 Å². The van der Waals surface area contributed by atoms with E-state index in [1.54, 1.807) is 19.1 Å². The number of benzene rings is 1. The van der Waals surface area contributed by atoms with Crippen LogP contribution in [0.15, 0.2) is 30.3 Å². The number of ether oxygens (including phenoxy) is 1. The van der Waals surface area contributed by atoms with E-state index >= 15 is 0 Å². The van der Waals surface area contributed by atoms with Crippen LogP contribution >= 0.6 is 0 Å². The van der Waals surface area contributed by atoms with E-state index in [-0.39, 0.29) is 24.3 Å². The van der Waals surface area contributed by atoms with Crippen LogP contribution < -0.4 is 15.4 Å². The Labute approximate surface area is 143 Å². The number of anilines is 2. The predicted octanol–water partition coefficient (Wildman–Crippen LogP) is 3.27. The van der Waals surface area contributed by atoms with Crippen molar-refractivity contribution in [3.05, 3.63) is 30.3 Å². The van der Waals surface area contributed by atoms with Gasteiger partial charge in [0, 0.05) is 24.2 Å². The Bertz CT molecular complexity index is 710. The SMILES string of the molecule is CCNc1cc(-c2cccc(OC(F)(F)F)c2)nc(N[C@H](C)CO)n1. The summed E-state index contributed by atoms with van der Waals surface area (Å²) < 4.78 is 41.1. The molecule has 2 aromatic rings. The molecule has 0 saturated heterocycles. The first-order valence-electron chi connectivity index (χ1n) is 7.67. The number of aromatic nitrogens is 2. The van der Waals surface area contributed by atoms with Crippen LogP contribution in [0.3, 0.4) is 0 Å². The van der Waals surface area contributed by atoms with E-state index < -0.39 is 6.36 Å². The number of halogens is 3. The van der Waals surface area contributed by atoms with E-state index in [9.17, 15) is 13.2 Å². The first-order valence-corrected chi connectivity index (χ1v) is 7.67. The minimum absolute atomic E-state index is 0.112. The molecular formula is C16H19F3N4O2. The normalized spacial score (nSPS) is 12.6. The smallest absolute Gasteiger partial charge is 0.406 e. The molecule has 0 fully saturated rings. The fourth-order valence-electron chi connectivity index (χ4n) is 2.05. The zero-order chi connectivity index (χ0) is 18.4. The summed E-state index contributed by atoms with van der Waals surface area (Å²) in [5.74, 6) is 0.450. The molecule has 0 spiro atoms. The van der Waals surface area contributed by atoms with Crippen molar-refractivity contribution in [2.75, 3.05) is 23.8 Å². The van der Waals surface area contributed by atoms with Crippen LogP contribution in [0.25, 0.3) is 11.3 Å². The standard InChI is InChI=1S/C16H19F3N4O2/c1-3-20-14-8-13(22-15(23-14)21-10(2)9-24)11-5-4-6-12(7-11)25-16(17,18)19/h4-8,10,24H,3,9H2,1-2H3,(H2,20,21,22,23)/t10-/m1/s1. The van der Waals surface area contributed by atoms with Crippen molar-refractivity contribution in [2.45, 2.75) is 26.3 Å². The van der Waals surface area contributed by atoms with Gasteiger partial charge in [-0.1, -0.05) is 12.1 Å². The largest absolute Gasteiger partial charge is 0.573 e. The topological polar surface area (TPSA) is 79.3 Å². The molecule has 0 aliphatic rings. The summed E-state index contributed by atoms with van der Waals surface area (Å²) in [6.45, 7) is 4.14. The second-order valence-corrected chi connectivity index (χ2v) is 5.30. The van der Waals surface area contributed by atoms with E-state index in [4.69, 9.17) is 5.11 Å². The third-order valence-corrected chi connectivity index (χ3v) is 3.10. The van der Waals surface area contributed by atoms with Crippen molar-refractivity contribution in [3.63, 3.8) is 0 Å². The molecule has 1 heterocycles. The molecule has 1 atom stereocenters. The van der Waals surface area contributed by atoms with Gasteiger partial charge >= 0.3 is 6.36 Å². The lowest BCUT2D eigenvalue weighted by Gasteiger charge is -2.14. The Morgan fingerprint density at radius 1 is 1.24 bits per heavy atom. The van der Waals surface area contributed by atoms with E-state index in [1.165, 1.54) is 18.2 Å². The number of hydrogen-bond acceptors (Lipinski definition) is 6. The van der Waals surface area contributed by atoms with E-state index in [0.717, 1.165) is 0 Å². The second kappa shape index (κ2) is 8.02. The molecule has 0 radical (unpaired) electrons. The summed E-state index contributed by atoms with van der Waals surface area (Å²) in [6, 6.07) is 6.91. The van der Waals surface area contributed by atoms with Crippen molar-refractivity contribution in [2.24, 2.45) is 0 Å². The third kappa shape index (κ3) is 5.79. The molecule has 2 rings (SSSR count). The summed E-state index contributed by atoms with van der Waals surface area (Å²) in [5.41, 5.74) is 0.870. The van der Waals surface area contributed by atoms with Gasteiger partial charge in [-0.05, 0) is 26.0 Å². The Morgan fingerprint density at radius 2 is 2.00 bits per heavy atom. The van der Waals surface area contributed by atoms with E-state index in [2.05, 4.69) is 25.3 Å². The molecule has 6 nitrogen and oxygen atoms in total. The zero-order valence-electron chi connectivity index (χ0n) is 13.8. The second-order valence-electron chi connectivity index (χ2n) is 5.30. The average Bonchev–Trinajstić information content (AvgIpc) is 2.53. The molecule has 0 aliphatic heterocycles. The average molecular weight is 356 g/mol. The Kier molecular flexibility index (Phi) is 6.02. The van der Waals surface area contributed by atoms with Crippen molar-refractivity contribution < 1.29 is 23.0 Å². The molecule has 0 bridgehead atoms. The molecule has 25 heavy (non-hydrogen) atoms. The quantitative estimate of drug-likeness (QED) is 0.707. The number of hydrogen-bond donors (Lipinski definition) is 3.